The molecule has 0 spiro atoms. The number of hydrogen-bond donors (Lipinski definition) is 2. The fourth-order valence-electron chi connectivity index (χ4n) is 1.50. The van der Waals surface area contributed by atoms with Crippen LogP contribution in [-0.4, -0.2) is 21.3 Å². The van der Waals surface area contributed by atoms with Gasteiger partial charge in [0.1, 0.15) is 0 Å². The Bertz CT molecular complexity index is 557. The van der Waals surface area contributed by atoms with E-state index in [9.17, 15) is 4.39 Å². The molecule has 2 aromatic rings. The Morgan fingerprint density at radius 2 is 2.26 bits per heavy atom. The van der Waals surface area contributed by atoms with Gasteiger partial charge in [-0.05, 0) is 31.5 Å². The number of benzene rings is 1. The second-order valence-corrected chi connectivity index (χ2v) is 4.37. The molecule has 0 fully saturated rings. The van der Waals surface area contributed by atoms with Gasteiger partial charge in [0.15, 0.2) is 11.6 Å². The summed E-state index contributed by atoms with van der Waals surface area (Å²) in [4.78, 5) is 4.17. The summed E-state index contributed by atoms with van der Waals surface area (Å²) < 4.78 is 18.3. The van der Waals surface area contributed by atoms with Crippen molar-refractivity contribution in [2.24, 2.45) is 0 Å². The largest absolute Gasteiger partial charge is 0.505 e. The summed E-state index contributed by atoms with van der Waals surface area (Å²) in [6.45, 7) is 4.62. The number of rotatable bonds is 5. The molecule has 2 N–H and O–H groups in total. The van der Waals surface area contributed by atoms with Crippen molar-refractivity contribution in [3.05, 3.63) is 29.9 Å². The molecule has 2 rings (SSSR count). The predicted octanol–water partition coefficient (Wildman–Crippen LogP) is 2.47. The highest BCUT2D eigenvalue weighted by Crippen LogP contribution is 2.22. The van der Waals surface area contributed by atoms with Gasteiger partial charge in [0.25, 0.3) is 0 Å². The molecule has 0 aliphatic rings. The summed E-state index contributed by atoms with van der Waals surface area (Å²) in [6, 6.07) is 4.33. The standard InChI is InChI=1S/C13H16FN3O2/c1-3-8(2)15-7-12-16-13(17-19-12)9-4-5-11(18)10(14)6-9/h4-6,8,15,18H,3,7H2,1-2H3. The van der Waals surface area contributed by atoms with E-state index in [1.165, 1.54) is 18.2 Å². The number of aromatic nitrogens is 2. The third kappa shape index (κ3) is 3.29. The van der Waals surface area contributed by atoms with Crippen molar-refractivity contribution in [1.82, 2.24) is 15.5 Å². The fourth-order valence-corrected chi connectivity index (χ4v) is 1.50. The molecule has 1 aromatic heterocycles. The third-order valence-electron chi connectivity index (χ3n) is 2.89. The smallest absolute Gasteiger partial charge is 0.240 e. The maximum absolute atomic E-state index is 13.2. The Morgan fingerprint density at radius 3 is 2.95 bits per heavy atom. The first kappa shape index (κ1) is 13.5. The lowest BCUT2D eigenvalue weighted by Gasteiger charge is -2.07. The van der Waals surface area contributed by atoms with E-state index in [-0.39, 0.29) is 0 Å². The van der Waals surface area contributed by atoms with Crippen LogP contribution in [0.15, 0.2) is 22.7 Å². The van der Waals surface area contributed by atoms with Crippen molar-refractivity contribution in [3.8, 4) is 17.1 Å². The Kier molecular flexibility index (Phi) is 4.11. The first-order valence-corrected chi connectivity index (χ1v) is 6.15. The molecule has 0 radical (unpaired) electrons. The molecule has 0 saturated heterocycles. The SMILES string of the molecule is CCC(C)NCc1nc(-c2ccc(O)c(F)c2)no1. The van der Waals surface area contributed by atoms with Gasteiger partial charge < -0.3 is 14.9 Å². The third-order valence-corrected chi connectivity index (χ3v) is 2.89. The summed E-state index contributed by atoms with van der Waals surface area (Å²) in [5.41, 5.74) is 0.467. The summed E-state index contributed by atoms with van der Waals surface area (Å²) in [6.07, 6.45) is 1.00. The number of phenols is 1. The van der Waals surface area contributed by atoms with Crippen LogP contribution in [0.3, 0.4) is 0 Å². The highest BCUT2D eigenvalue weighted by molar-refractivity contribution is 5.55. The predicted molar refractivity (Wildman–Crippen MR) is 67.9 cm³/mol. The Morgan fingerprint density at radius 1 is 1.47 bits per heavy atom. The molecule has 6 heteroatoms. The maximum atomic E-state index is 13.2. The second-order valence-electron chi connectivity index (χ2n) is 4.37. The van der Waals surface area contributed by atoms with E-state index in [4.69, 9.17) is 9.63 Å². The van der Waals surface area contributed by atoms with Gasteiger partial charge in [-0.2, -0.15) is 4.98 Å². The monoisotopic (exact) mass is 265 g/mol. The van der Waals surface area contributed by atoms with Gasteiger partial charge in [0.05, 0.1) is 6.54 Å². The molecule has 0 aliphatic carbocycles. The van der Waals surface area contributed by atoms with Crippen molar-refractivity contribution in [2.45, 2.75) is 32.9 Å². The number of nitrogens with zero attached hydrogens (tertiary/aromatic N) is 2. The Hall–Kier alpha value is -1.95. The average Bonchev–Trinajstić information content (AvgIpc) is 2.88. The van der Waals surface area contributed by atoms with Gasteiger partial charge in [-0.25, -0.2) is 4.39 Å². The van der Waals surface area contributed by atoms with Gasteiger partial charge in [-0.3, -0.25) is 0 Å². The molecule has 1 atom stereocenters. The van der Waals surface area contributed by atoms with Crippen molar-refractivity contribution in [1.29, 1.82) is 0 Å². The normalized spacial score (nSPS) is 12.6. The number of nitrogens with one attached hydrogen (secondary N) is 1. The molecule has 102 valence electrons. The lowest BCUT2D eigenvalue weighted by molar-refractivity contribution is 0.358. The summed E-state index contributed by atoms with van der Waals surface area (Å²) in [7, 11) is 0. The van der Waals surface area contributed by atoms with Crippen LogP contribution in [0.2, 0.25) is 0 Å². The van der Waals surface area contributed by atoms with Crippen LogP contribution in [-0.2, 0) is 6.54 Å². The molecule has 1 heterocycles. The Labute approximate surface area is 110 Å². The lowest BCUT2D eigenvalue weighted by Crippen LogP contribution is -2.24. The lowest BCUT2D eigenvalue weighted by atomic mass is 10.2. The Balaban J connectivity index is 2.09. The minimum atomic E-state index is -0.707. The molecule has 0 saturated carbocycles. The van der Waals surface area contributed by atoms with E-state index in [0.717, 1.165) is 6.42 Å². The van der Waals surface area contributed by atoms with Crippen LogP contribution in [0.5, 0.6) is 5.75 Å². The van der Waals surface area contributed by atoms with Crippen LogP contribution in [0, 0.1) is 5.82 Å². The molecular formula is C13H16FN3O2. The number of hydrogen-bond acceptors (Lipinski definition) is 5. The van der Waals surface area contributed by atoms with Gasteiger partial charge in [0, 0.05) is 11.6 Å². The van der Waals surface area contributed by atoms with Crippen molar-refractivity contribution < 1.29 is 14.0 Å². The highest BCUT2D eigenvalue weighted by Gasteiger charge is 2.11. The van der Waals surface area contributed by atoms with Crippen LogP contribution < -0.4 is 5.32 Å². The van der Waals surface area contributed by atoms with E-state index in [2.05, 4.69) is 29.3 Å². The number of phenolic OH excluding ortho intramolecular Hbond substituents is 1. The van der Waals surface area contributed by atoms with Crippen LogP contribution in [0.4, 0.5) is 4.39 Å². The molecule has 0 amide bonds. The fraction of sp³-hybridized carbons (Fsp3) is 0.385. The van der Waals surface area contributed by atoms with Gasteiger partial charge in [-0.15, -0.1) is 0 Å². The zero-order valence-corrected chi connectivity index (χ0v) is 10.9. The molecule has 5 nitrogen and oxygen atoms in total. The highest BCUT2D eigenvalue weighted by atomic mass is 19.1. The van der Waals surface area contributed by atoms with E-state index >= 15 is 0 Å². The zero-order valence-electron chi connectivity index (χ0n) is 10.9. The van der Waals surface area contributed by atoms with Crippen molar-refractivity contribution in [3.63, 3.8) is 0 Å². The first-order chi connectivity index (χ1) is 9.10. The minimum Gasteiger partial charge on any atom is -0.505 e. The number of aromatic hydroxyl groups is 1. The summed E-state index contributed by atoms with van der Waals surface area (Å²) in [5.74, 6) is -0.351. The van der Waals surface area contributed by atoms with Crippen LogP contribution in [0.1, 0.15) is 26.2 Å². The summed E-state index contributed by atoms with van der Waals surface area (Å²) >= 11 is 0. The van der Waals surface area contributed by atoms with Gasteiger partial charge in [-0.1, -0.05) is 12.1 Å². The van der Waals surface area contributed by atoms with E-state index in [1.54, 1.807) is 0 Å². The molecule has 1 aromatic carbocycles. The molecule has 19 heavy (non-hydrogen) atoms. The van der Waals surface area contributed by atoms with Crippen LogP contribution >= 0.6 is 0 Å². The zero-order chi connectivity index (χ0) is 13.8. The topological polar surface area (TPSA) is 71.2 Å². The van der Waals surface area contributed by atoms with Gasteiger partial charge >= 0.3 is 0 Å². The molecule has 1 unspecified atom stereocenters. The van der Waals surface area contributed by atoms with E-state index < -0.39 is 11.6 Å². The number of halogens is 1. The maximum Gasteiger partial charge on any atom is 0.240 e. The summed E-state index contributed by atoms with van der Waals surface area (Å²) in [5, 5.41) is 16.1. The quantitative estimate of drug-likeness (QED) is 0.869. The second kappa shape index (κ2) is 5.79. The molecule has 0 bridgehead atoms. The van der Waals surface area contributed by atoms with E-state index in [1.807, 2.05) is 0 Å². The van der Waals surface area contributed by atoms with Crippen LogP contribution in [0.25, 0.3) is 11.4 Å². The van der Waals surface area contributed by atoms with Crippen molar-refractivity contribution >= 4 is 0 Å². The minimum absolute atomic E-state index is 0.305. The van der Waals surface area contributed by atoms with Gasteiger partial charge in [0.2, 0.25) is 11.7 Å². The van der Waals surface area contributed by atoms with E-state index in [0.29, 0.717) is 29.9 Å². The average molecular weight is 265 g/mol. The first-order valence-electron chi connectivity index (χ1n) is 6.15. The van der Waals surface area contributed by atoms with Crippen molar-refractivity contribution in [2.75, 3.05) is 0 Å². The molecule has 0 aliphatic heterocycles. The molecular weight excluding hydrogens is 249 g/mol.